The number of benzene rings is 1. The Balaban J connectivity index is 2.13. The van der Waals surface area contributed by atoms with Crippen molar-refractivity contribution in [1.82, 2.24) is 4.98 Å². The molecule has 4 nitrogen and oxygen atoms in total. The highest BCUT2D eigenvalue weighted by molar-refractivity contribution is 8.00. The molecular weight excluding hydrogens is 412 g/mol. The molecule has 142 valence electrons. The van der Waals surface area contributed by atoms with Crippen LogP contribution in [0.4, 0.5) is 0 Å². The molecule has 3 rings (SSSR count). The molecule has 28 heavy (non-hydrogen) atoms. The van der Waals surface area contributed by atoms with Gasteiger partial charge in [0.2, 0.25) is 0 Å². The van der Waals surface area contributed by atoms with Gasteiger partial charge in [-0.25, -0.2) is 4.98 Å². The molecule has 0 saturated heterocycles. The van der Waals surface area contributed by atoms with Crippen molar-refractivity contribution in [3.8, 4) is 27.8 Å². The number of carbonyl (C=O) groups excluding carboxylic acids is 1. The summed E-state index contributed by atoms with van der Waals surface area (Å²) in [6.45, 7) is 3.84. The summed E-state index contributed by atoms with van der Waals surface area (Å²) in [7, 11) is 0. The zero-order valence-corrected chi connectivity index (χ0v) is 17.7. The van der Waals surface area contributed by atoms with E-state index in [1.807, 2.05) is 35.7 Å². The van der Waals surface area contributed by atoms with Gasteiger partial charge < -0.3 is 4.74 Å². The summed E-state index contributed by atoms with van der Waals surface area (Å²) in [4.78, 5) is 17.8. The first-order chi connectivity index (χ1) is 13.5. The van der Waals surface area contributed by atoms with Crippen LogP contribution in [0, 0.1) is 11.3 Å². The van der Waals surface area contributed by atoms with Crippen LogP contribution in [0.25, 0.3) is 21.7 Å². The third kappa shape index (κ3) is 4.56. The third-order valence-corrected chi connectivity index (χ3v) is 6.14. The lowest BCUT2D eigenvalue weighted by Crippen LogP contribution is -2.17. The van der Waals surface area contributed by atoms with Gasteiger partial charge in [0.25, 0.3) is 0 Å². The van der Waals surface area contributed by atoms with Crippen molar-refractivity contribution >= 4 is 40.7 Å². The highest BCUT2D eigenvalue weighted by Gasteiger charge is 2.22. The predicted molar refractivity (Wildman–Crippen MR) is 115 cm³/mol. The number of nitrogens with zero attached hydrogens (tertiary/aromatic N) is 2. The molecule has 0 amide bonds. The fraction of sp³-hybridized carbons (Fsp3) is 0.190. The first kappa shape index (κ1) is 20.4. The van der Waals surface area contributed by atoms with Crippen LogP contribution in [0.1, 0.15) is 19.4 Å². The van der Waals surface area contributed by atoms with Crippen molar-refractivity contribution in [3.63, 3.8) is 0 Å². The standard InChI is InChI=1S/C21H17ClN2O2S2/c1-3-26-21(25)13(2)28-20-17(12-23)16(14-6-8-15(22)9-7-14)11-18(24-20)19-5-4-10-27-19/h4-11,13H,3H2,1-2H3. The van der Waals surface area contributed by atoms with E-state index in [1.165, 1.54) is 11.8 Å². The smallest absolute Gasteiger partial charge is 0.319 e. The molecule has 2 heterocycles. The van der Waals surface area contributed by atoms with Crippen LogP contribution in [-0.2, 0) is 9.53 Å². The molecule has 0 saturated carbocycles. The van der Waals surface area contributed by atoms with Crippen molar-refractivity contribution in [2.75, 3.05) is 6.61 Å². The zero-order valence-electron chi connectivity index (χ0n) is 15.3. The summed E-state index contributed by atoms with van der Waals surface area (Å²) >= 11 is 8.83. The van der Waals surface area contributed by atoms with E-state index < -0.39 is 5.25 Å². The van der Waals surface area contributed by atoms with Gasteiger partial charge in [0.1, 0.15) is 16.3 Å². The van der Waals surface area contributed by atoms with Gasteiger partial charge in [0, 0.05) is 10.6 Å². The molecule has 0 radical (unpaired) electrons. The monoisotopic (exact) mass is 428 g/mol. The SMILES string of the molecule is CCOC(=O)C(C)Sc1nc(-c2cccs2)cc(-c2ccc(Cl)cc2)c1C#N. The summed E-state index contributed by atoms with van der Waals surface area (Å²) in [5.41, 5.74) is 2.82. The van der Waals surface area contributed by atoms with Gasteiger partial charge in [-0.15, -0.1) is 11.3 Å². The number of halogens is 1. The summed E-state index contributed by atoms with van der Waals surface area (Å²) in [5.74, 6) is -0.326. The van der Waals surface area contributed by atoms with Gasteiger partial charge in [-0.05, 0) is 49.1 Å². The molecule has 2 aromatic heterocycles. The first-order valence-corrected chi connectivity index (χ1v) is 10.8. The third-order valence-electron chi connectivity index (χ3n) is 3.93. The number of aromatic nitrogens is 1. The Morgan fingerprint density at radius 3 is 2.71 bits per heavy atom. The Morgan fingerprint density at radius 1 is 1.36 bits per heavy atom. The van der Waals surface area contributed by atoms with E-state index in [2.05, 4.69) is 11.1 Å². The highest BCUT2D eigenvalue weighted by Crippen LogP contribution is 2.37. The quantitative estimate of drug-likeness (QED) is 0.353. The Kier molecular flexibility index (Phi) is 6.74. The van der Waals surface area contributed by atoms with E-state index in [1.54, 1.807) is 37.3 Å². The number of rotatable bonds is 6. The number of esters is 1. The fourth-order valence-corrected chi connectivity index (χ4v) is 4.33. The van der Waals surface area contributed by atoms with Gasteiger partial charge in [-0.3, -0.25) is 4.79 Å². The van der Waals surface area contributed by atoms with Crippen molar-refractivity contribution in [2.24, 2.45) is 0 Å². The molecule has 1 unspecified atom stereocenters. The molecule has 0 aliphatic heterocycles. The normalized spacial score (nSPS) is 11.6. The number of nitriles is 1. The number of carbonyl (C=O) groups is 1. The summed E-state index contributed by atoms with van der Waals surface area (Å²) in [5, 5.41) is 12.5. The van der Waals surface area contributed by atoms with Crippen LogP contribution in [0.3, 0.4) is 0 Å². The molecule has 0 aliphatic carbocycles. The number of thioether (sulfide) groups is 1. The van der Waals surface area contributed by atoms with Gasteiger partial charge in [-0.2, -0.15) is 5.26 Å². The summed E-state index contributed by atoms with van der Waals surface area (Å²) in [6.07, 6.45) is 0. The number of hydrogen-bond acceptors (Lipinski definition) is 6. The van der Waals surface area contributed by atoms with Crippen molar-refractivity contribution in [3.05, 3.63) is 58.4 Å². The topological polar surface area (TPSA) is 63.0 Å². The van der Waals surface area contributed by atoms with Crippen molar-refractivity contribution < 1.29 is 9.53 Å². The minimum atomic E-state index is -0.476. The molecule has 7 heteroatoms. The number of pyridine rings is 1. The molecule has 0 fully saturated rings. The van der Waals surface area contributed by atoms with Crippen LogP contribution in [-0.4, -0.2) is 22.8 Å². The van der Waals surface area contributed by atoms with E-state index in [4.69, 9.17) is 16.3 Å². The van der Waals surface area contributed by atoms with Crippen LogP contribution in [0.2, 0.25) is 5.02 Å². The first-order valence-electron chi connectivity index (χ1n) is 8.61. The lowest BCUT2D eigenvalue weighted by atomic mass is 10.0. The maximum atomic E-state index is 12.1. The average molecular weight is 429 g/mol. The Bertz CT molecular complexity index is 1010. The molecule has 1 atom stereocenters. The lowest BCUT2D eigenvalue weighted by molar-refractivity contribution is -0.142. The van der Waals surface area contributed by atoms with Gasteiger partial charge in [0.15, 0.2) is 0 Å². The van der Waals surface area contributed by atoms with E-state index in [0.717, 1.165) is 21.7 Å². The minimum Gasteiger partial charge on any atom is -0.465 e. The lowest BCUT2D eigenvalue weighted by Gasteiger charge is -2.14. The second-order valence-corrected chi connectivity index (χ2v) is 8.56. The largest absolute Gasteiger partial charge is 0.465 e. The van der Waals surface area contributed by atoms with Crippen LogP contribution < -0.4 is 0 Å². The highest BCUT2D eigenvalue weighted by atomic mass is 35.5. The summed E-state index contributed by atoms with van der Waals surface area (Å²) in [6, 6.07) is 15.4. The minimum absolute atomic E-state index is 0.313. The summed E-state index contributed by atoms with van der Waals surface area (Å²) < 4.78 is 5.10. The maximum absolute atomic E-state index is 12.1. The molecule has 1 aromatic carbocycles. The number of thiophene rings is 1. The molecule has 0 bridgehead atoms. The Morgan fingerprint density at radius 2 is 2.11 bits per heavy atom. The maximum Gasteiger partial charge on any atom is 0.319 e. The Hall–Kier alpha value is -2.33. The van der Waals surface area contributed by atoms with Crippen LogP contribution >= 0.6 is 34.7 Å². The number of hydrogen-bond donors (Lipinski definition) is 0. The zero-order chi connectivity index (χ0) is 20.1. The second kappa shape index (κ2) is 9.24. The molecule has 3 aromatic rings. The molecule has 0 aliphatic rings. The average Bonchev–Trinajstić information content (AvgIpc) is 3.23. The number of ether oxygens (including phenoxy) is 1. The van der Waals surface area contributed by atoms with E-state index in [0.29, 0.717) is 22.2 Å². The Labute approximate surface area is 177 Å². The fourth-order valence-electron chi connectivity index (χ4n) is 2.60. The van der Waals surface area contributed by atoms with Gasteiger partial charge in [-0.1, -0.05) is 41.6 Å². The van der Waals surface area contributed by atoms with Gasteiger partial charge >= 0.3 is 5.97 Å². The predicted octanol–water partition coefficient (Wildman–Crippen LogP) is 6.05. The van der Waals surface area contributed by atoms with Crippen LogP contribution in [0.5, 0.6) is 0 Å². The molecule has 0 N–H and O–H groups in total. The molecule has 0 spiro atoms. The van der Waals surface area contributed by atoms with Crippen LogP contribution in [0.15, 0.2) is 52.9 Å². The van der Waals surface area contributed by atoms with Gasteiger partial charge in [0.05, 0.1) is 22.7 Å². The van der Waals surface area contributed by atoms with E-state index in [-0.39, 0.29) is 5.97 Å². The van der Waals surface area contributed by atoms with Crippen molar-refractivity contribution in [2.45, 2.75) is 24.1 Å². The van der Waals surface area contributed by atoms with Crippen molar-refractivity contribution in [1.29, 1.82) is 5.26 Å². The van der Waals surface area contributed by atoms with E-state index in [9.17, 15) is 10.1 Å². The van der Waals surface area contributed by atoms with E-state index >= 15 is 0 Å². The second-order valence-electron chi connectivity index (χ2n) is 5.84. The molecular formula is C21H17ClN2O2S2.